The Balaban J connectivity index is 1.95. The molecule has 1 aliphatic heterocycles. The molecular weight excluding hydrogens is 306 g/mol. The van der Waals surface area contributed by atoms with E-state index >= 15 is 0 Å². The zero-order chi connectivity index (χ0) is 16.0. The van der Waals surface area contributed by atoms with E-state index in [1.165, 1.54) is 22.3 Å². The summed E-state index contributed by atoms with van der Waals surface area (Å²) in [4.78, 5) is 0. The molecule has 23 heavy (non-hydrogen) atoms. The molecule has 2 aromatic rings. The molecule has 1 atom stereocenters. The van der Waals surface area contributed by atoms with Crippen LogP contribution >= 0.6 is 0 Å². The third kappa shape index (κ3) is 2.45. The van der Waals surface area contributed by atoms with Crippen LogP contribution in [-0.4, -0.2) is 20.7 Å². The fourth-order valence-electron chi connectivity index (χ4n) is 3.70. The van der Waals surface area contributed by atoms with Crippen LogP contribution in [0, 0.1) is 0 Å². The fraction of sp³-hybridized carbons (Fsp3) is 0.368. The highest BCUT2D eigenvalue weighted by Gasteiger charge is 2.46. The van der Waals surface area contributed by atoms with Gasteiger partial charge in [-0.2, -0.15) is 4.31 Å². The van der Waals surface area contributed by atoms with E-state index in [0.29, 0.717) is 6.61 Å². The molecule has 4 rings (SSSR count). The van der Waals surface area contributed by atoms with Crippen molar-refractivity contribution in [2.75, 3.05) is 6.61 Å². The molecule has 0 N–H and O–H groups in total. The van der Waals surface area contributed by atoms with E-state index < -0.39 is 11.3 Å². The second-order valence-electron chi connectivity index (χ2n) is 6.92. The summed E-state index contributed by atoms with van der Waals surface area (Å²) in [5.74, 6) is 0. The van der Waals surface area contributed by atoms with E-state index in [9.17, 15) is 4.21 Å². The molecule has 1 fully saturated rings. The minimum atomic E-state index is -1.42. The first-order chi connectivity index (χ1) is 11.1. The Morgan fingerprint density at radius 1 is 1.00 bits per heavy atom. The first-order valence-electron chi connectivity index (χ1n) is 8.08. The van der Waals surface area contributed by atoms with Gasteiger partial charge in [-0.15, -0.1) is 0 Å². The number of rotatable bonds is 1. The van der Waals surface area contributed by atoms with Crippen molar-refractivity contribution in [1.29, 1.82) is 0 Å². The highest BCUT2D eigenvalue weighted by atomic mass is 32.2. The van der Waals surface area contributed by atoms with Gasteiger partial charge in [0.25, 0.3) is 0 Å². The van der Waals surface area contributed by atoms with E-state index in [1.54, 1.807) is 0 Å². The molecule has 1 saturated heterocycles. The van der Waals surface area contributed by atoms with E-state index in [0.717, 1.165) is 12.8 Å². The second kappa shape index (κ2) is 5.55. The summed E-state index contributed by atoms with van der Waals surface area (Å²) < 4.78 is 20.2. The molecule has 0 amide bonds. The predicted octanol–water partition coefficient (Wildman–Crippen LogP) is 3.56. The molecule has 1 heterocycles. The average molecular weight is 327 g/mol. The van der Waals surface area contributed by atoms with Crippen LogP contribution in [0.5, 0.6) is 0 Å². The van der Waals surface area contributed by atoms with Crippen molar-refractivity contribution >= 4 is 11.3 Å². The van der Waals surface area contributed by atoms with Gasteiger partial charge < -0.3 is 0 Å². The molecule has 0 saturated carbocycles. The summed E-state index contributed by atoms with van der Waals surface area (Å²) in [7, 11) is 0. The molecule has 0 spiro atoms. The van der Waals surface area contributed by atoms with Gasteiger partial charge in [0, 0.05) is 0 Å². The molecule has 0 aromatic heterocycles. The Labute approximate surface area is 140 Å². The molecule has 2 aliphatic rings. The summed E-state index contributed by atoms with van der Waals surface area (Å²) in [5.41, 5.74) is 4.93. The summed E-state index contributed by atoms with van der Waals surface area (Å²) in [5, 5.41) is 0. The van der Waals surface area contributed by atoms with Crippen molar-refractivity contribution in [3.05, 3.63) is 70.8 Å². The van der Waals surface area contributed by atoms with Crippen molar-refractivity contribution in [3.8, 4) is 0 Å². The van der Waals surface area contributed by atoms with Crippen LogP contribution in [-0.2, 0) is 28.3 Å². The molecule has 0 radical (unpaired) electrons. The lowest BCUT2D eigenvalue weighted by Crippen LogP contribution is -2.43. The quantitative estimate of drug-likeness (QED) is 0.801. The normalized spacial score (nSPS) is 24.0. The van der Waals surface area contributed by atoms with Crippen LogP contribution in [0.1, 0.15) is 42.1 Å². The Kier molecular flexibility index (Phi) is 3.63. The van der Waals surface area contributed by atoms with Crippen LogP contribution in [0.3, 0.4) is 0 Å². The van der Waals surface area contributed by atoms with Gasteiger partial charge in [-0.1, -0.05) is 48.5 Å². The summed E-state index contributed by atoms with van der Waals surface area (Å²) >= 11 is -1.42. The summed E-state index contributed by atoms with van der Waals surface area (Å²) in [6.07, 6.45) is 2.04. The number of fused-ring (bicyclic) bond motifs is 2. The topological polar surface area (TPSA) is 29.5 Å². The largest absolute Gasteiger partial charge is 0.276 e. The monoisotopic (exact) mass is 327 g/mol. The predicted molar refractivity (Wildman–Crippen MR) is 92.1 cm³/mol. The van der Waals surface area contributed by atoms with Crippen molar-refractivity contribution in [2.24, 2.45) is 0 Å². The minimum absolute atomic E-state index is 0.0248. The molecular formula is C19H21NO2S. The molecule has 1 aliphatic carbocycles. The lowest BCUT2D eigenvalue weighted by Gasteiger charge is -2.35. The zero-order valence-corrected chi connectivity index (χ0v) is 14.3. The molecule has 120 valence electrons. The summed E-state index contributed by atoms with van der Waals surface area (Å²) in [6.45, 7) is 4.70. The number of hydrogen-bond acceptors (Lipinski definition) is 2. The van der Waals surface area contributed by atoms with Crippen molar-refractivity contribution < 1.29 is 8.39 Å². The molecule has 3 nitrogen and oxygen atoms in total. The summed E-state index contributed by atoms with van der Waals surface area (Å²) in [6, 6.07) is 17.1. The first kappa shape index (κ1) is 15.1. The molecule has 4 heteroatoms. The number of hydrogen-bond donors (Lipinski definition) is 0. The van der Waals surface area contributed by atoms with E-state index in [1.807, 2.05) is 4.31 Å². The molecule has 0 bridgehead atoms. The maximum atomic E-state index is 12.6. The average Bonchev–Trinajstić information content (AvgIpc) is 2.73. The van der Waals surface area contributed by atoms with Gasteiger partial charge in [0.15, 0.2) is 0 Å². The fourth-order valence-corrected chi connectivity index (χ4v) is 5.06. The SMILES string of the molecule is CC1(C)COS(=O)N1C1c2ccccc2CCc2ccccc21. The van der Waals surface area contributed by atoms with Crippen LogP contribution < -0.4 is 0 Å². The van der Waals surface area contributed by atoms with Crippen LogP contribution in [0.4, 0.5) is 0 Å². The van der Waals surface area contributed by atoms with Crippen LogP contribution in [0.25, 0.3) is 0 Å². The van der Waals surface area contributed by atoms with Gasteiger partial charge in [0.2, 0.25) is 11.3 Å². The van der Waals surface area contributed by atoms with E-state index in [-0.39, 0.29) is 11.6 Å². The third-order valence-electron chi connectivity index (χ3n) is 4.87. The van der Waals surface area contributed by atoms with Gasteiger partial charge in [0.05, 0.1) is 18.2 Å². The Morgan fingerprint density at radius 2 is 1.52 bits per heavy atom. The van der Waals surface area contributed by atoms with Gasteiger partial charge in [-0.05, 0) is 48.9 Å². The van der Waals surface area contributed by atoms with Crippen molar-refractivity contribution in [2.45, 2.75) is 38.3 Å². The maximum Gasteiger partial charge on any atom is 0.238 e. The zero-order valence-electron chi connectivity index (χ0n) is 13.5. The molecule has 1 unspecified atom stereocenters. The highest BCUT2D eigenvalue weighted by Crippen LogP contribution is 2.43. The lowest BCUT2D eigenvalue weighted by atomic mass is 9.92. The number of nitrogens with zero attached hydrogens (tertiary/aromatic N) is 1. The van der Waals surface area contributed by atoms with Crippen molar-refractivity contribution in [1.82, 2.24) is 4.31 Å². The number of aryl methyl sites for hydroxylation is 2. The standard InChI is InChI=1S/C19H21NO2S/c1-19(2)13-22-23(21)20(19)18-16-9-5-3-7-14(16)11-12-15-8-4-6-10-17(15)18/h3-10,18H,11-13H2,1-2H3. The Hall–Kier alpha value is -1.49. The van der Waals surface area contributed by atoms with Crippen LogP contribution in [0.15, 0.2) is 48.5 Å². The number of benzene rings is 2. The Morgan fingerprint density at radius 3 is 2.00 bits per heavy atom. The maximum absolute atomic E-state index is 12.6. The third-order valence-corrected chi connectivity index (χ3v) is 6.21. The van der Waals surface area contributed by atoms with Crippen molar-refractivity contribution in [3.63, 3.8) is 0 Å². The molecule has 2 aromatic carbocycles. The van der Waals surface area contributed by atoms with Gasteiger partial charge in [-0.3, -0.25) is 4.18 Å². The smallest absolute Gasteiger partial charge is 0.238 e. The van der Waals surface area contributed by atoms with Gasteiger partial charge in [-0.25, -0.2) is 4.21 Å². The van der Waals surface area contributed by atoms with E-state index in [2.05, 4.69) is 62.4 Å². The van der Waals surface area contributed by atoms with Crippen LogP contribution in [0.2, 0.25) is 0 Å². The Bertz CT molecular complexity index is 724. The first-order valence-corrected chi connectivity index (χ1v) is 9.11. The van der Waals surface area contributed by atoms with E-state index in [4.69, 9.17) is 4.18 Å². The highest BCUT2D eigenvalue weighted by molar-refractivity contribution is 7.78. The van der Waals surface area contributed by atoms with Gasteiger partial charge in [0.1, 0.15) is 0 Å². The van der Waals surface area contributed by atoms with Gasteiger partial charge >= 0.3 is 0 Å². The lowest BCUT2D eigenvalue weighted by molar-refractivity contribution is 0.199. The second-order valence-corrected chi connectivity index (χ2v) is 7.98. The minimum Gasteiger partial charge on any atom is -0.276 e.